The van der Waals surface area contributed by atoms with Crippen molar-refractivity contribution >= 4 is 17.4 Å². The molecular weight excluding hydrogens is 244 g/mol. The highest BCUT2D eigenvalue weighted by Gasteiger charge is 2.10. The van der Waals surface area contributed by atoms with E-state index in [1.165, 1.54) is 0 Å². The van der Waals surface area contributed by atoms with Crippen LogP contribution in [0.4, 0.5) is 11.5 Å². The molecule has 0 saturated carbocycles. The Morgan fingerprint density at radius 3 is 2.89 bits per heavy atom. The van der Waals surface area contributed by atoms with Gasteiger partial charge < -0.3 is 15.8 Å². The molecule has 100 valence electrons. The summed E-state index contributed by atoms with van der Waals surface area (Å²) >= 11 is 0. The number of hydrogen-bond donors (Lipinski definition) is 2. The molecule has 1 aromatic carbocycles. The second-order valence-corrected chi connectivity index (χ2v) is 4.02. The Balaban J connectivity index is 2.21. The van der Waals surface area contributed by atoms with Gasteiger partial charge in [-0.2, -0.15) is 5.10 Å². The number of amides is 1. The number of nitrogens with two attached hydrogens (primary N) is 1. The third-order valence-corrected chi connectivity index (χ3v) is 2.56. The summed E-state index contributed by atoms with van der Waals surface area (Å²) in [5.41, 5.74) is 6.69. The number of ether oxygens (including phenoxy) is 1. The van der Waals surface area contributed by atoms with E-state index < -0.39 is 0 Å². The quantitative estimate of drug-likeness (QED) is 0.819. The van der Waals surface area contributed by atoms with Gasteiger partial charge >= 0.3 is 0 Å². The molecule has 0 aliphatic rings. The molecule has 0 spiro atoms. The Bertz CT molecular complexity index is 592. The summed E-state index contributed by atoms with van der Waals surface area (Å²) in [5.74, 6) is 0.944. The van der Waals surface area contributed by atoms with Crippen molar-refractivity contribution < 1.29 is 9.53 Å². The van der Waals surface area contributed by atoms with Crippen LogP contribution in [0.25, 0.3) is 0 Å². The number of nitrogens with zero attached hydrogens (tertiary/aromatic N) is 2. The van der Waals surface area contributed by atoms with Gasteiger partial charge in [-0.1, -0.05) is 0 Å². The second-order valence-electron chi connectivity index (χ2n) is 4.02. The fraction of sp³-hybridized carbons (Fsp3) is 0.231. The summed E-state index contributed by atoms with van der Waals surface area (Å²) in [6, 6.07) is 6.66. The third kappa shape index (κ3) is 3.04. The molecule has 0 aliphatic heterocycles. The molecule has 0 fully saturated rings. The summed E-state index contributed by atoms with van der Waals surface area (Å²) in [5, 5.41) is 6.73. The molecule has 6 heteroatoms. The van der Waals surface area contributed by atoms with Crippen LogP contribution in [-0.4, -0.2) is 22.3 Å². The lowest BCUT2D eigenvalue weighted by Gasteiger charge is -2.09. The van der Waals surface area contributed by atoms with Crippen molar-refractivity contribution in [2.45, 2.75) is 6.92 Å². The number of carbonyl (C=O) groups excluding carboxylic acids is 1. The SMILES string of the molecule is CCOc1cc(N)cc(C(=O)Nc2ccnn2C)c1. The van der Waals surface area contributed by atoms with E-state index in [1.807, 2.05) is 6.92 Å². The second kappa shape index (κ2) is 5.43. The average molecular weight is 260 g/mol. The molecule has 0 atom stereocenters. The monoisotopic (exact) mass is 260 g/mol. The zero-order valence-electron chi connectivity index (χ0n) is 10.9. The van der Waals surface area contributed by atoms with Crippen molar-refractivity contribution in [2.75, 3.05) is 17.7 Å². The molecule has 1 aromatic heterocycles. The number of anilines is 2. The molecule has 1 heterocycles. The molecule has 0 radical (unpaired) electrons. The number of carbonyl (C=O) groups is 1. The minimum atomic E-state index is -0.253. The summed E-state index contributed by atoms with van der Waals surface area (Å²) < 4.78 is 6.94. The standard InChI is InChI=1S/C13H16N4O2/c1-3-19-11-7-9(6-10(14)8-11)13(18)16-12-4-5-15-17(12)2/h4-8H,3,14H2,1-2H3,(H,16,18). The first-order chi connectivity index (χ1) is 9.10. The van der Waals surface area contributed by atoms with Crippen LogP contribution in [0.2, 0.25) is 0 Å². The van der Waals surface area contributed by atoms with Crippen molar-refractivity contribution in [3.8, 4) is 5.75 Å². The summed E-state index contributed by atoms with van der Waals surface area (Å²) in [4.78, 5) is 12.1. The van der Waals surface area contributed by atoms with Gasteiger partial charge in [0.25, 0.3) is 5.91 Å². The van der Waals surface area contributed by atoms with Gasteiger partial charge in [0, 0.05) is 30.4 Å². The van der Waals surface area contributed by atoms with Gasteiger partial charge in [0.1, 0.15) is 11.6 Å². The van der Waals surface area contributed by atoms with Crippen LogP contribution >= 0.6 is 0 Å². The minimum Gasteiger partial charge on any atom is -0.494 e. The average Bonchev–Trinajstić information content (AvgIpc) is 2.75. The number of hydrogen-bond acceptors (Lipinski definition) is 4. The number of nitrogens with one attached hydrogen (secondary N) is 1. The predicted octanol–water partition coefficient (Wildman–Crippen LogP) is 1.65. The molecule has 0 aliphatic carbocycles. The topological polar surface area (TPSA) is 82.2 Å². The van der Waals surface area contributed by atoms with E-state index in [4.69, 9.17) is 10.5 Å². The van der Waals surface area contributed by atoms with E-state index in [0.29, 0.717) is 29.4 Å². The lowest BCUT2D eigenvalue weighted by molar-refractivity contribution is 0.102. The maximum Gasteiger partial charge on any atom is 0.257 e. The van der Waals surface area contributed by atoms with Crippen molar-refractivity contribution in [3.63, 3.8) is 0 Å². The lowest BCUT2D eigenvalue weighted by atomic mass is 10.1. The van der Waals surface area contributed by atoms with E-state index in [9.17, 15) is 4.79 Å². The Kier molecular flexibility index (Phi) is 3.70. The Morgan fingerprint density at radius 1 is 1.47 bits per heavy atom. The van der Waals surface area contributed by atoms with Crippen molar-refractivity contribution in [1.82, 2.24) is 9.78 Å². The molecule has 1 amide bonds. The molecule has 2 aromatic rings. The zero-order valence-corrected chi connectivity index (χ0v) is 10.9. The fourth-order valence-corrected chi connectivity index (χ4v) is 1.69. The molecule has 0 saturated heterocycles. The third-order valence-electron chi connectivity index (χ3n) is 2.56. The van der Waals surface area contributed by atoms with E-state index in [-0.39, 0.29) is 5.91 Å². The van der Waals surface area contributed by atoms with Crippen molar-refractivity contribution in [2.24, 2.45) is 7.05 Å². The molecule has 3 N–H and O–H groups in total. The van der Waals surface area contributed by atoms with Crippen molar-refractivity contribution in [3.05, 3.63) is 36.0 Å². The highest BCUT2D eigenvalue weighted by atomic mass is 16.5. The van der Waals surface area contributed by atoms with Gasteiger partial charge in [-0.15, -0.1) is 0 Å². The normalized spacial score (nSPS) is 10.2. The molecule has 2 rings (SSSR count). The minimum absolute atomic E-state index is 0.253. The molecule has 0 bridgehead atoms. The fourth-order valence-electron chi connectivity index (χ4n) is 1.69. The highest BCUT2D eigenvalue weighted by molar-refractivity contribution is 6.04. The number of nitrogen functional groups attached to an aromatic ring is 1. The van der Waals surface area contributed by atoms with Gasteiger partial charge in [-0.3, -0.25) is 9.48 Å². The maximum atomic E-state index is 12.1. The first-order valence-corrected chi connectivity index (χ1v) is 5.93. The first-order valence-electron chi connectivity index (χ1n) is 5.93. The predicted molar refractivity (Wildman–Crippen MR) is 73.2 cm³/mol. The van der Waals surface area contributed by atoms with E-state index >= 15 is 0 Å². The van der Waals surface area contributed by atoms with Gasteiger partial charge in [0.15, 0.2) is 0 Å². The molecular formula is C13H16N4O2. The highest BCUT2D eigenvalue weighted by Crippen LogP contribution is 2.20. The number of rotatable bonds is 4. The van der Waals surface area contributed by atoms with Gasteiger partial charge in [-0.05, 0) is 19.1 Å². The van der Waals surface area contributed by atoms with Crippen LogP contribution in [0.5, 0.6) is 5.75 Å². The Morgan fingerprint density at radius 2 is 2.26 bits per heavy atom. The Hall–Kier alpha value is -2.50. The molecule has 0 unspecified atom stereocenters. The molecule has 19 heavy (non-hydrogen) atoms. The molecule has 6 nitrogen and oxygen atoms in total. The number of aromatic nitrogens is 2. The number of aryl methyl sites for hydroxylation is 1. The maximum absolute atomic E-state index is 12.1. The van der Waals surface area contributed by atoms with E-state index in [2.05, 4.69) is 10.4 Å². The van der Waals surface area contributed by atoms with Gasteiger partial charge in [-0.25, -0.2) is 0 Å². The van der Waals surface area contributed by atoms with Gasteiger partial charge in [0.05, 0.1) is 12.8 Å². The summed E-state index contributed by atoms with van der Waals surface area (Å²) in [7, 11) is 1.75. The van der Waals surface area contributed by atoms with Crippen LogP contribution in [0.1, 0.15) is 17.3 Å². The van der Waals surface area contributed by atoms with Crippen LogP contribution in [0.15, 0.2) is 30.5 Å². The first kappa shape index (κ1) is 12.9. The van der Waals surface area contributed by atoms with Crippen LogP contribution < -0.4 is 15.8 Å². The van der Waals surface area contributed by atoms with Crippen LogP contribution in [0.3, 0.4) is 0 Å². The largest absolute Gasteiger partial charge is 0.494 e. The zero-order chi connectivity index (χ0) is 13.8. The Labute approximate surface area is 111 Å². The lowest BCUT2D eigenvalue weighted by Crippen LogP contribution is -2.15. The van der Waals surface area contributed by atoms with Crippen LogP contribution in [0, 0.1) is 0 Å². The van der Waals surface area contributed by atoms with E-state index in [0.717, 1.165) is 0 Å². The van der Waals surface area contributed by atoms with Crippen molar-refractivity contribution in [1.29, 1.82) is 0 Å². The smallest absolute Gasteiger partial charge is 0.257 e. The summed E-state index contributed by atoms with van der Waals surface area (Å²) in [6.45, 7) is 2.39. The van der Waals surface area contributed by atoms with E-state index in [1.54, 1.807) is 42.2 Å². The van der Waals surface area contributed by atoms with Gasteiger partial charge in [0.2, 0.25) is 0 Å². The summed E-state index contributed by atoms with van der Waals surface area (Å²) in [6.07, 6.45) is 1.61. The van der Waals surface area contributed by atoms with Crippen LogP contribution in [-0.2, 0) is 7.05 Å². The number of benzene rings is 1.